The van der Waals surface area contributed by atoms with Crippen LogP contribution in [0.4, 0.5) is 0 Å². The first-order valence-electron chi connectivity index (χ1n) is 4.74. The molecule has 1 unspecified atom stereocenters. The summed E-state index contributed by atoms with van der Waals surface area (Å²) in [4.78, 5) is 11.1. The highest BCUT2D eigenvalue weighted by atomic mass is 16.1. The molecular formula is C11H16N2O. The van der Waals surface area contributed by atoms with Gasteiger partial charge in [0.2, 0.25) is 5.91 Å². The minimum absolute atomic E-state index is 0.149. The second-order valence-corrected chi connectivity index (χ2v) is 3.54. The number of carbonyl (C=O) groups is 1. The van der Waals surface area contributed by atoms with Gasteiger partial charge in [-0.15, -0.1) is 0 Å². The second-order valence-electron chi connectivity index (χ2n) is 3.54. The van der Waals surface area contributed by atoms with Crippen molar-refractivity contribution in [2.75, 3.05) is 0 Å². The van der Waals surface area contributed by atoms with Crippen molar-refractivity contribution < 1.29 is 4.79 Å². The molecule has 0 fully saturated rings. The lowest BCUT2D eigenvalue weighted by molar-refractivity contribution is 0.0999. The van der Waals surface area contributed by atoms with Gasteiger partial charge >= 0.3 is 0 Å². The summed E-state index contributed by atoms with van der Waals surface area (Å²) < 4.78 is 0. The smallest absolute Gasteiger partial charge is 0.248 e. The number of rotatable bonds is 4. The molecule has 0 aliphatic rings. The lowest BCUT2D eigenvalue weighted by Gasteiger charge is -2.08. The Labute approximate surface area is 84.1 Å². The van der Waals surface area contributed by atoms with Gasteiger partial charge in [0.15, 0.2) is 0 Å². The normalized spacial score (nSPS) is 12.4. The molecule has 0 saturated carbocycles. The zero-order valence-corrected chi connectivity index (χ0v) is 8.36. The third-order valence-corrected chi connectivity index (χ3v) is 2.15. The third kappa shape index (κ3) is 2.85. The third-order valence-electron chi connectivity index (χ3n) is 2.15. The zero-order chi connectivity index (χ0) is 10.6. The summed E-state index contributed by atoms with van der Waals surface area (Å²) in [6.07, 6.45) is 1.67. The zero-order valence-electron chi connectivity index (χ0n) is 8.36. The monoisotopic (exact) mass is 192 g/mol. The summed E-state index contributed by atoms with van der Waals surface area (Å²) in [6, 6.07) is 7.54. The van der Waals surface area contributed by atoms with Gasteiger partial charge in [-0.1, -0.05) is 18.2 Å². The molecule has 0 radical (unpaired) electrons. The molecule has 0 heterocycles. The Hall–Kier alpha value is -1.35. The fourth-order valence-electron chi connectivity index (χ4n) is 1.36. The summed E-state index contributed by atoms with van der Waals surface area (Å²) in [6.45, 7) is 1.95. The van der Waals surface area contributed by atoms with Crippen molar-refractivity contribution in [2.24, 2.45) is 11.5 Å². The average molecular weight is 192 g/mol. The van der Waals surface area contributed by atoms with E-state index in [1.165, 1.54) is 0 Å². The van der Waals surface area contributed by atoms with E-state index in [0.717, 1.165) is 18.4 Å². The number of aryl methyl sites for hydroxylation is 1. The van der Waals surface area contributed by atoms with Crippen LogP contribution in [0.3, 0.4) is 0 Å². The van der Waals surface area contributed by atoms with Crippen LogP contribution in [0.15, 0.2) is 24.3 Å². The average Bonchev–Trinajstić information content (AvgIpc) is 2.15. The molecule has 14 heavy (non-hydrogen) atoms. The molecule has 4 N–H and O–H groups in total. The Kier molecular flexibility index (Phi) is 3.65. The number of amides is 1. The van der Waals surface area contributed by atoms with Crippen LogP contribution in [0.1, 0.15) is 29.3 Å². The van der Waals surface area contributed by atoms with Gasteiger partial charge in [-0.05, 0) is 31.4 Å². The molecule has 1 aromatic rings. The van der Waals surface area contributed by atoms with Crippen molar-refractivity contribution in [3.63, 3.8) is 0 Å². The van der Waals surface area contributed by atoms with Crippen LogP contribution in [0.25, 0.3) is 0 Å². The summed E-state index contributed by atoms with van der Waals surface area (Å²) in [5.74, 6) is -0.370. The summed E-state index contributed by atoms with van der Waals surface area (Å²) in [5, 5.41) is 0. The Morgan fingerprint density at radius 3 is 2.64 bits per heavy atom. The Bertz CT molecular complexity index is 321. The first-order valence-corrected chi connectivity index (χ1v) is 4.74. The van der Waals surface area contributed by atoms with Crippen LogP contribution in [0.2, 0.25) is 0 Å². The maximum absolute atomic E-state index is 11.1. The summed E-state index contributed by atoms with van der Waals surface area (Å²) in [7, 11) is 0. The standard InChI is InChI=1S/C11H16N2O/c1-8(12)6-7-9-4-2-3-5-10(9)11(13)14/h2-5,8H,6-7,12H2,1H3,(H2,13,14). The van der Waals surface area contributed by atoms with Crippen LogP contribution in [-0.2, 0) is 6.42 Å². The van der Waals surface area contributed by atoms with E-state index in [2.05, 4.69) is 0 Å². The molecule has 1 atom stereocenters. The summed E-state index contributed by atoms with van der Waals surface area (Å²) >= 11 is 0. The predicted octanol–water partition coefficient (Wildman–Crippen LogP) is 1.07. The van der Waals surface area contributed by atoms with E-state index in [4.69, 9.17) is 11.5 Å². The van der Waals surface area contributed by atoms with E-state index < -0.39 is 0 Å². The molecule has 3 nitrogen and oxygen atoms in total. The van der Waals surface area contributed by atoms with E-state index in [9.17, 15) is 4.79 Å². The number of nitrogens with two attached hydrogens (primary N) is 2. The van der Waals surface area contributed by atoms with Gasteiger partial charge in [-0.25, -0.2) is 0 Å². The van der Waals surface area contributed by atoms with Crippen LogP contribution in [0, 0.1) is 0 Å². The highest BCUT2D eigenvalue weighted by Gasteiger charge is 2.07. The van der Waals surface area contributed by atoms with Crippen molar-refractivity contribution in [3.05, 3.63) is 35.4 Å². The van der Waals surface area contributed by atoms with Gasteiger partial charge in [-0.3, -0.25) is 4.79 Å². The Morgan fingerprint density at radius 2 is 2.07 bits per heavy atom. The predicted molar refractivity (Wildman–Crippen MR) is 56.9 cm³/mol. The molecule has 76 valence electrons. The molecule has 1 aromatic carbocycles. The molecule has 0 aliphatic heterocycles. The SMILES string of the molecule is CC(N)CCc1ccccc1C(N)=O. The molecule has 0 saturated heterocycles. The lowest BCUT2D eigenvalue weighted by atomic mass is 10.0. The molecule has 1 amide bonds. The number of hydrogen-bond acceptors (Lipinski definition) is 2. The van der Waals surface area contributed by atoms with Gasteiger partial charge in [0.1, 0.15) is 0 Å². The highest BCUT2D eigenvalue weighted by molar-refractivity contribution is 5.94. The Balaban J connectivity index is 2.79. The molecule has 0 aliphatic carbocycles. The van der Waals surface area contributed by atoms with Crippen molar-refractivity contribution in [1.82, 2.24) is 0 Å². The van der Waals surface area contributed by atoms with E-state index in [-0.39, 0.29) is 11.9 Å². The van der Waals surface area contributed by atoms with Gasteiger partial charge in [-0.2, -0.15) is 0 Å². The first-order chi connectivity index (χ1) is 6.61. The van der Waals surface area contributed by atoms with Crippen molar-refractivity contribution in [3.8, 4) is 0 Å². The Morgan fingerprint density at radius 1 is 1.43 bits per heavy atom. The van der Waals surface area contributed by atoms with Gasteiger partial charge in [0.05, 0.1) is 0 Å². The van der Waals surface area contributed by atoms with E-state index >= 15 is 0 Å². The van der Waals surface area contributed by atoms with E-state index in [1.807, 2.05) is 25.1 Å². The van der Waals surface area contributed by atoms with Crippen LogP contribution in [-0.4, -0.2) is 11.9 Å². The minimum atomic E-state index is -0.370. The number of hydrogen-bond donors (Lipinski definition) is 2. The number of carbonyl (C=O) groups excluding carboxylic acids is 1. The summed E-state index contributed by atoms with van der Waals surface area (Å²) in [5.41, 5.74) is 12.5. The van der Waals surface area contributed by atoms with Crippen LogP contribution < -0.4 is 11.5 Å². The lowest BCUT2D eigenvalue weighted by Crippen LogP contribution is -2.18. The van der Waals surface area contributed by atoms with Crippen LogP contribution in [0.5, 0.6) is 0 Å². The number of primary amides is 1. The fourth-order valence-corrected chi connectivity index (χ4v) is 1.36. The van der Waals surface area contributed by atoms with Gasteiger partial charge in [0.25, 0.3) is 0 Å². The molecule has 3 heteroatoms. The molecule has 0 spiro atoms. The molecule has 0 aromatic heterocycles. The van der Waals surface area contributed by atoms with E-state index in [1.54, 1.807) is 6.07 Å². The molecular weight excluding hydrogens is 176 g/mol. The molecule has 1 rings (SSSR count). The number of benzene rings is 1. The quantitative estimate of drug-likeness (QED) is 0.749. The van der Waals surface area contributed by atoms with Crippen molar-refractivity contribution in [1.29, 1.82) is 0 Å². The topological polar surface area (TPSA) is 69.1 Å². The fraction of sp³-hybridized carbons (Fsp3) is 0.364. The van der Waals surface area contributed by atoms with Crippen molar-refractivity contribution >= 4 is 5.91 Å². The molecule has 0 bridgehead atoms. The van der Waals surface area contributed by atoms with Crippen molar-refractivity contribution in [2.45, 2.75) is 25.8 Å². The van der Waals surface area contributed by atoms with Gasteiger partial charge in [0, 0.05) is 11.6 Å². The minimum Gasteiger partial charge on any atom is -0.366 e. The largest absolute Gasteiger partial charge is 0.366 e. The van der Waals surface area contributed by atoms with E-state index in [0.29, 0.717) is 5.56 Å². The second kappa shape index (κ2) is 4.77. The highest BCUT2D eigenvalue weighted by Crippen LogP contribution is 2.10. The maximum Gasteiger partial charge on any atom is 0.248 e. The van der Waals surface area contributed by atoms with Crippen LogP contribution >= 0.6 is 0 Å². The first kappa shape index (κ1) is 10.7. The van der Waals surface area contributed by atoms with Gasteiger partial charge < -0.3 is 11.5 Å². The maximum atomic E-state index is 11.1.